The predicted octanol–water partition coefficient (Wildman–Crippen LogP) is 3.10. The Kier molecular flexibility index (Phi) is 7.09. The SMILES string of the molecule is CCCOc1ccc(C(=O)NNC(=O)c2nc(C)n(-c3ccccc3Cl)n2)cc1OC. The van der Waals surface area contributed by atoms with Gasteiger partial charge in [-0.15, -0.1) is 5.10 Å². The molecule has 2 amide bonds. The molecule has 9 nitrogen and oxygen atoms in total. The number of amides is 2. The summed E-state index contributed by atoms with van der Waals surface area (Å²) in [6.07, 6.45) is 0.844. The Bertz CT molecular complexity index is 1100. The highest BCUT2D eigenvalue weighted by atomic mass is 35.5. The molecule has 0 saturated carbocycles. The van der Waals surface area contributed by atoms with Crippen LogP contribution in [0.3, 0.4) is 0 Å². The number of methoxy groups -OCH3 is 1. The molecule has 0 atom stereocenters. The number of hydrazine groups is 1. The molecule has 0 radical (unpaired) electrons. The zero-order chi connectivity index (χ0) is 22.4. The number of hydrogen-bond acceptors (Lipinski definition) is 6. The Morgan fingerprint density at radius 1 is 1.10 bits per heavy atom. The maximum Gasteiger partial charge on any atom is 0.309 e. The summed E-state index contributed by atoms with van der Waals surface area (Å²) >= 11 is 6.19. The molecule has 0 aliphatic heterocycles. The fourth-order valence-corrected chi connectivity index (χ4v) is 2.94. The lowest BCUT2D eigenvalue weighted by atomic mass is 10.2. The normalized spacial score (nSPS) is 10.5. The fraction of sp³-hybridized carbons (Fsp3) is 0.238. The first-order valence-corrected chi connectivity index (χ1v) is 9.92. The van der Waals surface area contributed by atoms with Crippen LogP contribution in [0.5, 0.6) is 11.5 Å². The quantitative estimate of drug-likeness (QED) is 0.543. The van der Waals surface area contributed by atoms with Gasteiger partial charge in [0.1, 0.15) is 5.82 Å². The van der Waals surface area contributed by atoms with E-state index in [-0.39, 0.29) is 11.4 Å². The number of rotatable bonds is 7. The first-order valence-electron chi connectivity index (χ1n) is 9.54. The maximum atomic E-state index is 12.4. The molecule has 10 heteroatoms. The summed E-state index contributed by atoms with van der Waals surface area (Å²) in [6, 6.07) is 11.8. The number of ether oxygens (including phenoxy) is 2. The van der Waals surface area contributed by atoms with Crippen LogP contribution in [0.4, 0.5) is 0 Å². The molecule has 0 spiro atoms. The van der Waals surface area contributed by atoms with Crippen LogP contribution >= 0.6 is 11.6 Å². The minimum Gasteiger partial charge on any atom is -0.493 e. The molecule has 0 aliphatic rings. The Morgan fingerprint density at radius 2 is 1.84 bits per heavy atom. The van der Waals surface area contributed by atoms with E-state index in [0.717, 1.165) is 6.42 Å². The van der Waals surface area contributed by atoms with Gasteiger partial charge in [0.15, 0.2) is 11.5 Å². The van der Waals surface area contributed by atoms with Gasteiger partial charge >= 0.3 is 5.91 Å². The van der Waals surface area contributed by atoms with Crippen molar-refractivity contribution in [2.45, 2.75) is 20.3 Å². The molecule has 3 rings (SSSR count). The van der Waals surface area contributed by atoms with Crippen molar-refractivity contribution < 1.29 is 19.1 Å². The molecular formula is C21H22ClN5O4. The molecule has 31 heavy (non-hydrogen) atoms. The highest BCUT2D eigenvalue weighted by Crippen LogP contribution is 2.28. The number of benzene rings is 2. The summed E-state index contributed by atoms with van der Waals surface area (Å²) in [7, 11) is 1.49. The molecule has 0 bridgehead atoms. The van der Waals surface area contributed by atoms with Crippen molar-refractivity contribution in [3.63, 3.8) is 0 Å². The van der Waals surface area contributed by atoms with Crippen molar-refractivity contribution >= 4 is 23.4 Å². The van der Waals surface area contributed by atoms with Gasteiger partial charge in [0.2, 0.25) is 5.82 Å². The second-order valence-electron chi connectivity index (χ2n) is 6.47. The van der Waals surface area contributed by atoms with Crippen LogP contribution in [-0.2, 0) is 0 Å². The average Bonchev–Trinajstić information content (AvgIpc) is 3.17. The van der Waals surface area contributed by atoms with E-state index in [1.165, 1.54) is 17.9 Å². The van der Waals surface area contributed by atoms with E-state index >= 15 is 0 Å². The fourth-order valence-electron chi connectivity index (χ4n) is 2.72. The van der Waals surface area contributed by atoms with Crippen LogP contribution in [0.15, 0.2) is 42.5 Å². The van der Waals surface area contributed by atoms with Gasteiger partial charge in [-0.25, -0.2) is 9.67 Å². The molecule has 0 saturated heterocycles. The minimum absolute atomic E-state index is 0.112. The van der Waals surface area contributed by atoms with Crippen LogP contribution in [0.25, 0.3) is 5.69 Å². The number of nitrogens with one attached hydrogen (secondary N) is 2. The van der Waals surface area contributed by atoms with Gasteiger partial charge in [-0.3, -0.25) is 20.4 Å². The predicted molar refractivity (Wildman–Crippen MR) is 115 cm³/mol. The lowest BCUT2D eigenvalue weighted by Crippen LogP contribution is -2.42. The molecular weight excluding hydrogens is 422 g/mol. The van der Waals surface area contributed by atoms with Gasteiger partial charge in [0.05, 0.1) is 24.4 Å². The third-order valence-corrected chi connectivity index (χ3v) is 4.55. The smallest absolute Gasteiger partial charge is 0.309 e. The molecule has 1 aromatic heterocycles. The molecule has 0 unspecified atom stereocenters. The van der Waals surface area contributed by atoms with Crippen molar-refractivity contribution in [2.75, 3.05) is 13.7 Å². The first-order chi connectivity index (χ1) is 14.9. The van der Waals surface area contributed by atoms with Crippen LogP contribution in [0, 0.1) is 6.92 Å². The monoisotopic (exact) mass is 443 g/mol. The van der Waals surface area contributed by atoms with Gasteiger partial charge in [0.25, 0.3) is 5.91 Å². The van der Waals surface area contributed by atoms with E-state index in [4.69, 9.17) is 21.1 Å². The summed E-state index contributed by atoms with van der Waals surface area (Å²) in [5, 5.41) is 4.65. The van der Waals surface area contributed by atoms with Crippen molar-refractivity contribution in [3.8, 4) is 17.2 Å². The molecule has 0 aliphatic carbocycles. The highest BCUT2D eigenvalue weighted by Gasteiger charge is 2.18. The molecule has 2 N–H and O–H groups in total. The topological polar surface area (TPSA) is 107 Å². The Hall–Kier alpha value is -3.59. The van der Waals surface area contributed by atoms with Gasteiger partial charge in [-0.1, -0.05) is 30.7 Å². The molecule has 2 aromatic carbocycles. The van der Waals surface area contributed by atoms with Crippen LogP contribution in [0.2, 0.25) is 5.02 Å². The van der Waals surface area contributed by atoms with E-state index < -0.39 is 11.8 Å². The van der Waals surface area contributed by atoms with Crippen LogP contribution < -0.4 is 20.3 Å². The zero-order valence-corrected chi connectivity index (χ0v) is 18.1. The van der Waals surface area contributed by atoms with E-state index in [1.54, 1.807) is 43.3 Å². The number of para-hydroxylation sites is 1. The van der Waals surface area contributed by atoms with E-state index in [9.17, 15) is 9.59 Å². The standard InChI is InChI=1S/C21H22ClN5O4/c1-4-11-31-17-10-9-14(12-18(17)30-3)20(28)24-25-21(29)19-23-13(2)27(26-19)16-8-6-5-7-15(16)22/h5-10,12H,4,11H2,1-3H3,(H,24,28)(H,25,29). The molecule has 0 fully saturated rings. The van der Waals surface area contributed by atoms with Gasteiger partial charge in [-0.05, 0) is 43.7 Å². The van der Waals surface area contributed by atoms with Gasteiger partial charge < -0.3 is 9.47 Å². The number of nitrogens with zero attached hydrogens (tertiary/aromatic N) is 3. The van der Waals surface area contributed by atoms with Gasteiger partial charge in [-0.2, -0.15) is 0 Å². The summed E-state index contributed by atoms with van der Waals surface area (Å²) < 4.78 is 12.3. The van der Waals surface area contributed by atoms with Crippen LogP contribution in [-0.4, -0.2) is 40.3 Å². The highest BCUT2D eigenvalue weighted by molar-refractivity contribution is 6.32. The number of carbonyl (C=O) groups excluding carboxylic acids is 2. The molecule has 3 aromatic rings. The average molecular weight is 444 g/mol. The van der Waals surface area contributed by atoms with Gasteiger partial charge in [0, 0.05) is 5.56 Å². The summed E-state index contributed by atoms with van der Waals surface area (Å²) in [5.41, 5.74) is 5.53. The number of halogens is 1. The Labute approximate surface area is 184 Å². The second-order valence-corrected chi connectivity index (χ2v) is 6.88. The van der Waals surface area contributed by atoms with Crippen LogP contribution in [0.1, 0.15) is 40.1 Å². The number of aromatic nitrogens is 3. The van der Waals surface area contributed by atoms with Crippen molar-refractivity contribution in [2.24, 2.45) is 0 Å². The first kappa shape index (κ1) is 22.1. The summed E-state index contributed by atoms with van der Waals surface area (Å²) in [4.78, 5) is 29.0. The van der Waals surface area contributed by atoms with Crippen molar-refractivity contribution in [1.82, 2.24) is 25.6 Å². The number of aryl methyl sites for hydroxylation is 1. The minimum atomic E-state index is -0.669. The number of hydrogen-bond donors (Lipinski definition) is 2. The Balaban J connectivity index is 1.68. The lowest BCUT2D eigenvalue weighted by molar-refractivity contribution is 0.0840. The zero-order valence-electron chi connectivity index (χ0n) is 17.3. The second kappa shape index (κ2) is 9.94. The summed E-state index contributed by atoms with van der Waals surface area (Å²) in [6.45, 7) is 4.22. The van der Waals surface area contributed by atoms with E-state index in [1.807, 2.05) is 6.92 Å². The summed E-state index contributed by atoms with van der Waals surface area (Å²) in [5.74, 6) is 0.113. The number of carbonyl (C=O) groups is 2. The third kappa shape index (κ3) is 5.13. The molecule has 1 heterocycles. The van der Waals surface area contributed by atoms with Crippen molar-refractivity contribution in [3.05, 3.63) is 64.7 Å². The lowest BCUT2D eigenvalue weighted by Gasteiger charge is -2.12. The maximum absolute atomic E-state index is 12.4. The largest absolute Gasteiger partial charge is 0.493 e. The Morgan fingerprint density at radius 3 is 2.55 bits per heavy atom. The van der Waals surface area contributed by atoms with E-state index in [0.29, 0.717) is 34.6 Å². The molecule has 162 valence electrons. The van der Waals surface area contributed by atoms with E-state index in [2.05, 4.69) is 20.9 Å². The third-order valence-electron chi connectivity index (χ3n) is 4.23. The van der Waals surface area contributed by atoms with Crippen molar-refractivity contribution in [1.29, 1.82) is 0 Å².